The van der Waals surface area contributed by atoms with Crippen molar-refractivity contribution in [3.63, 3.8) is 0 Å². The Balaban J connectivity index is 2.18. The summed E-state index contributed by atoms with van der Waals surface area (Å²) in [6.45, 7) is 0.271. The zero-order valence-electron chi connectivity index (χ0n) is 10.9. The monoisotopic (exact) mass is 293 g/mol. The Hall–Kier alpha value is -2.21. The van der Waals surface area contributed by atoms with Crippen LogP contribution in [-0.4, -0.2) is 24.9 Å². The Morgan fingerprint density at radius 3 is 2.50 bits per heavy atom. The molecule has 0 saturated carbocycles. The number of benzene rings is 2. The maximum atomic E-state index is 11.5. The summed E-state index contributed by atoms with van der Waals surface area (Å²) in [6, 6.07) is 11.1. The van der Waals surface area contributed by atoms with Crippen LogP contribution >= 0.6 is 0 Å². The molecular formula is C14H15NO4S. The number of phenolic OH excluding ortho intramolecular Hbond substituents is 2. The highest BCUT2D eigenvalue weighted by Gasteiger charge is 2.08. The Labute approximate surface area is 117 Å². The molecule has 0 aliphatic heterocycles. The summed E-state index contributed by atoms with van der Waals surface area (Å²) in [4.78, 5) is 0.225. The van der Waals surface area contributed by atoms with Gasteiger partial charge < -0.3 is 15.5 Å². The summed E-state index contributed by atoms with van der Waals surface area (Å²) in [5.41, 5.74) is 1.14. The summed E-state index contributed by atoms with van der Waals surface area (Å²) in [7, 11) is -3.25. The van der Waals surface area contributed by atoms with Crippen LogP contribution < -0.4 is 5.32 Å². The molecular weight excluding hydrogens is 278 g/mol. The van der Waals surface area contributed by atoms with Crippen LogP contribution in [0.4, 0.5) is 5.69 Å². The molecule has 0 bridgehead atoms. The largest absolute Gasteiger partial charge is 0.504 e. The quantitative estimate of drug-likeness (QED) is 0.752. The molecule has 0 aliphatic carbocycles. The van der Waals surface area contributed by atoms with Gasteiger partial charge in [0.1, 0.15) is 0 Å². The molecule has 3 N–H and O–H groups in total. The second kappa shape index (κ2) is 5.42. The lowest BCUT2D eigenvalue weighted by atomic mass is 10.2. The van der Waals surface area contributed by atoms with Gasteiger partial charge in [0.15, 0.2) is 21.3 Å². The van der Waals surface area contributed by atoms with Gasteiger partial charge in [0.05, 0.1) is 4.90 Å². The SMILES string of the molecule is CS(=O)(=O)c1cccc(NCc2cccc(O)c2O)c1. The first-order chi connectivity index (χ1) is 9.38. The number of rotatable bonds is 4. The molecule has 6 heteroatoms. The molecule has 0 fully saturated rings. The van der Waals surface area contributed by atoms with Gasteiger partial charge in [-0.05, 0) is 24.3 Å². The van der Waals surface area contributed by atoms with Crippen LogP contribution in [0.25, 0.3) is 0 Å². The molecule has 106 valence electrons. The average molecular weight is 293 g/mol. The first kappa shape index (κ1) is 14.2. The van der Waals surface area contributed by atoms with Gasteiger partial charge in [0.2, 0.25) is 0 Å². The average Bonchev–Trinajstić information content (AvgIpc) is 2.40. The van der Waals surface area contributed by atoms with E-state index >= 15 is 0 Å². The Bertz CT molecular complexity index is 726. The van der Waals surface area contributed by atoms with Crippen molar-refractivity contribution in [3.05, 3.63) is 48.0 Å². The van der Waals surface area contributed by atoms with Crippen molar-refractivity contribution in [2.24, 2.45) is 0 Å². The van der Waals surface area contributed by atoms with Gasteiger partial charge in [-0.3, -0.25) is 0 Å². The summed E-state index contributed by atoms with van der Waals surface area (Å²) < 4.78 is 22.9. The van der Waals surface area contributed by atoms with E-state index in [-0.39, 0.29) is 22.9 Å². The summed E-state index contributed by atoms with van der Waals surface area (Å²) in [5.74, 6) is -0.367. The fourth-order valence-corrected chi connectivity index (χ4v) is 2.42. The molecule has 2 rings (SSSR count). The molecule has 5 nitrogen and oxygen atoms in total. The number of sulfone groups is 1. The van der Waals surface area contributed by atoms with Gasteiger partial charge >= 0.3 is 0 Å². The third-order valence-corrected chi connectivity index (χ3v) is 3.95. The predicted octanol–water partition coefficient (Wildman–Crippen LogP) is 2.11. The molecule has 20 heavy (non-hydrogen) atoms. The Morgan fingerprint density at radius 1 is 1.10 bits per heavy atom. The molecule has 0 radical (unpaired) electrons. The standard InChI is InChI=1S/C14H15NO4S/c1-20(18,19)12-6-3-5-11(8-12)15-9-10-4-2-7-13(16)14(10)17/h2-8,15-17H,9H2,1H3. The summed E-state index contributed by atoms with van der Waals surface area (Å²) in [5, 5.41) is 22.1. The summed E-state index contributed by atoms with van der Waals surface area (Å²) in [6.07, 6.45) is 1.15. The lowest BCUT2D eigenvalue weighted by Crippen LogP contribution is -2.02. The smallest absolute Gasteiger partial charge is 0.175 e. The molecule has 0 aromatic heterocycles. The highest BCUT2D eigenvalue weighted by molar-refractivity contribution is 7.90. The minimum atomic E-state index is -3.25. The van der Waals surface area contributed by atoms with Crippen molar-refractivity contribution >= 4 is 15.5 Å². The number of aromatic hydroxyl groups is 2. The van der Waals surface area contributed by atoms with Crippen LogP contribution in [0.5, 0.6) is 11.5 Å². The molecule has 2 aromatic carbocycles. The minimum Gasteiger partial charge on any atom is -0.504 e. The Kier molecular flexibility index (Phi) is 3.85. The molecule has 0 aliphatic rings. The van der Waals surface area contributed by atoms with Crippen LogP contribution in [-0.2, 0) is 16.4 Å². The molecule has 2 aromatic rings. The lowest BCUT2D eigenvalue weighted by Gasteiger charge is -2.10. The topological polar surface area (TPSA) is 86.6 Å². The fraction of sp³-hybridized carbons (Fsp3) is 0.143. The van der Waals surface area contributed by atoms with Crippen molar-refractivity contribution in [1.82, 2.24) is 0 Å². The van der Waals surface area contributed by atoms with E-state index in [2.05, 4.69) is 5.32 Å². The van der Waals surface area contributed by atoms with E-state index in [9.17, 15) is 18.6 Å². The van der Waals surface area contributed by atoms with E-state index in [0.29, 0.717) is 11.3 Å². The van der Waals surface area contributed by atoms with Crippen LogP contribution in [0.2, 0.25) is 0 Å². The third kappa shape index (κ3) is 3.21. The van der Waals surface area contributed by atoms with Gasteiger partial charge in [-0.15, -0.1) is 0 Å². The van der Waals surface area contributed by atoms with E-state index in [1.807, 2.05) is 0 Å². The van der Waals surface area contributed by atoms with Crippen molar-refractivity contribution < 1.29 is 18.6 Å². The van der Waals surface area contributed by atoms with Crippen LogP contribution in [0.3, 0.4) is 0 Å². The maximum Gasteiger partial charge on any atom is 0.175 e. The van der Waals surface area contributed by atoms with Crippen LogP contribution in [0, 0.1) is 0 Å². The van der Waals surface area contributed by atoms with E-state index < -0.39 is 9.84 Å². The number of hydrogen-bond acceptors (Lipinski definition) is 5. The highest BCUT2D eigenvalue weighted by Crippen LogP contribution is 2.28. The van der Waals surface area contributed by atoms with Gasteiger partial charge in [-0.25, -0.2) is 8.42 Å². The number of hydrogen-bond donors (Lipinski definition) is 3. The third-order valence-electron chi connectivity index (χ3n) is 2.84. The molecule has 0 amide bonds. The second-order valence-electron chi connectivity index (χ2n) is 4.44. The van der Waals surface area contributed by atoms with Crippen molar-refractivity contribution in [3.8, 4) is 11.5 Å². The molecule has 0 spiro atoms. The number of para-hydroxylation sites is 1. The first-order valence-corrected chi connectivity index (χ1v) is 7.81. The Morgan fingerprint density at radius 2 is 1.80 bits per heavy atom. The molecule has 0 heterocycles. The normalized spacial score (nSPS) is 11.2. The number of phenols is 2. The van der Waals surface area contributed by atoms with Crippen LogP contribution in [0.1, 0.15) is 5.56 Å². The van der Waals surface area contributed by atoms with E-state index in [1.165, 1.54) is 18.2 Å². The molecule has 0 unspecified atom stereocenters. The van der Waals surface area contributed by atoms with E-state index in [4.69, 9.17) is 0 Å². The van der Waals surface area contributed by atoms with E-state index in [1.54, 1.807) is 24.3 Å². The van der Waals surface area contributed by atoms with Gasteiger partial charge in [-0.1, -0.05) is 18.2 Å². The van der Waals surface area contributed by atoms with Crippen molar-refractivity contribution in [2.75, 3.05) is 11.6 Å². The van der Waals surface area contributed by atoms with Gasteiger partial charge in [0.25, 0.3) is 0 Å². The maximum absolute atomic E-state index is 11.5. The fourth-order valence-electron chi connectivity index (χ4n) is 1.75. The highest BCUT2D eigenvalue weighted by atomic mass is 32.2. The zero-order chi connectivity index (χ0) is 14.8. The van der Waals surface area contributed by atoms with E-state index in [0.717, 1.165) is 6.26 Å². The zero-order valence-corrected chi connectivity index (χ0v) is 11.7. The molecule has 0 atom stereocenters. The predicted molar refractivity (Wildman–Crippen MR) is 76.7 cm³/mol. The van der Waals surface area contributed by atoms with Crippen molar-refractivity contribution in [1.29, 1.82) is 0 Å². The minimum absolute atomic E-state index is 0.181. The lowest BCUT2D eigenvalue weighted by molar-refractivity contribution is 0.400. The number of nitrogens with one attached hydrogen (secondary N) is 1. The van der Waals surface area contributed by atoms with Crippen molar-refractivity contribution in [2.45, 2.75) is 11.4 Å². The summed E-state index contributed by atoms with van der Waals surface area (Å²) >= 11 is 0. The van der Waals surface area contributed by atoms with Crippen LogP contribution in [0.15, 0.2) is 47.4 Å². The molecule has 0 saturated heterocycles. The second-order valence-corrected chi connectivity index (χ2v) is 6.45. The van der Waals surface area contributed by atoms with Gasteiger partial charge in [0, 0.05) is 24.1 Å². The van der Waals surface area contributed by atoms with Gasteiger partial charge in [-0.2, -0.15) is 0 Å². The number of anilines is 1. The first-order valence-electron chi connectivity index (χ1n) is 5.92.